The van der Waals surface area contributed by atoms with Gasteiger partial charge in [0.15, 0.2) is 10.8 Å². The Morgan fingerprint density at radius 1 is 1.38 bits per heavy atom. The molecule has 1 atom stereocenters. The van der Waals surface area contributed by atoms with Crippen LogP contribution in [0.5, 0.6) is 0 Å². The monoisotopic (exact) mass is 358 g/mol. The third-order valence-electron chi connectivity index (χ3n) is 3.42. The number of nitrogens with one attached hydrogen (secondary N) is 1. The third-order valence-corrected chi connectivity index (χ3v) is 5.50. The first-order chi connectivity index (χ1) is 11.6. The van der Waals surface area contributed by atoms with Gasteiger partial charge in [0.2, 0.25) is 5.91 Å². The van der Waals surface area contributed by atoms with E-state index < -0.39 is 0 Å². The Morgan fingerprint density at radius 2 is 2.25 bits per heavy atom. The topological polar surface area (TPSA) is 55.1 Å². The van der Waals surface area contributed by atoms with Gasteiger partial charge in [0.05, 0.1) is 17.2 Å². The molecule has 0 aliphatic heterocycles. The van der Waals surface area contributed by atoms with Crippen molar-refractivity contribution in [1.29, 1.82) is 0 Å². The van der Waals surface area contributed by atoms with Crippen LogP contribution in [0.2, 0.25) is 0 Å². The zero-order valence-electron chi connectivity index (χ0n) is 13.5. The molecule has 0 radical (unpaired) electrons. The summed E-state index contributed by atoms with van der Waals surface area (Å²) < 4.78 is 5.35. The summed E-state index contributed by atoms with van der Waals surface area (Å²) in [5.74, 6) is 1.48. The number of thiazole rings is 1. The number of nitrogens with zero attached hydrogens (tertiary/aromatic N) is 1. The molecule has 1 aromatic carbocycles. The van der Waals surface area contributed by atoms with Crippen molar-refractivity contribution in [1.82, 2.24) is 4.98 Å². The number of aromatic nitrogens is 1. The number of rotatable bonds is 6. The predicted octanol–water partition coefficient (Wildman–Crippen LogP) is 4.97. The number of carbonyl (C=O) groups excluding carboxylic acids is 1. The van der Waals surface area contributed by atoms with Gasteiger partial charge in [0.25, 0.3) is 0 Å². The van der Waals surface area contributed by atoms with Crippen molar-refractivity contribution < 1.29 is 9.21 Å². The summed E-state index contributed by atoms with van der Waals surface area (Å²) >= 11 is 3.13. The standard InChI is InChI=1S/C18H18N2O2S2/c1-12-5-3-6-14(9-12)19-17(21)13(2)23-10-15-11-24-18(20-15)16-7-4-8-22-16/h3-9,11,13H,10H2,1-2H3,(H,19,21)/t13-/m1/s1. The molecule has 0 saturated carbocycles. The van der Waals surface area contributed by atoms with Crippen LogP contribution in [0.15, 0.2) is 52.5 Å². The maximum absolute atomic E-state index is 12.3. The molecular weight excluding hydrogens is 340 g/mol. The minimum absolute atomic E-state index is 0.00656. The summed E-state index contributed by atoms with van der Waals surface area (Å²) in [5, 5.41) is 5.68. The SMILES string of the molecule is Cc1cccc(NC(=O)[C@@H](C)SCc2csc(-c3ccco3)n2)c1. The Morgan fingerprint density at radius 3 is 3.00 bits per heavy atom. The van der Waals surface area contributed by atoms with Gasteiger partial charge in [0, 0.05) is 16.8 Å². The zero-order valence-corrected chi connectivity index (χ0v) is 15.1. The fraction of sp³-hybridized carbons (Fsp3) is 0.222. The lowest BCUT2D eigenvalue weighted by molar-refractivity contribution is -0.115. The Balaban J connectivity index is 1.53. The number of aryl methyl sites for hydroxylation is 1. The first-order valence-electron chi connectivity index (χ1n) is 7.59. The number of anilines is 1. The van der Waals surface area contributed by atoms with Crippen molar-refractivity contribution >= 4 is 34.7 Å². The van der Waals surface area contributed by atoms with E-state index in [1.807, 2.05) is 55.6 Å². The average Bonchev–Trinajstić information content (AvgIpc) is 3.23. The molecule has 124 valence electrons. The summed E-state index contributed by atoms with van der Waals surface area (Å²) in [5.41, 5.74) is 2.92. The van der Waals surface area contributed by atoms with Gasteiger partial charge < -0.3 is 9.73 Å². The Hall–Kier alpha value is -2.05. The smallest absolute Gasteiger partial charge is 0.237 e. The van der Waals surface area contributed by atoms with E-state index in [0.29, 0.717) is 5.75 Å². The molecule has 2 heterocycles. The molecule has 0 saturated heterocycles. The molecule has 6 heteroatoms. The number of benzene rings is 1. The van der Waals surface area contributed by atoms with Crippen molar-refractivity contribution in [2.45, 2.75) is 24.9 Å². The van der Waals surface area contributed by atoms with Gasteiger partial charge in [-0.05, 0) is 43.7 Å². The zero-order chi connectivity index (χ0) is 16.9. The highest BCUT2D eigenvalue weighted by molar-refractivity contribution is 7.99. The fourth-order valence-corrected chi connectivity index (χ4v) is 3.81. The average molecular weight is 358 g/mol. The molecule has 1 N–H and O–H groups in total. The number of furan rings is 1. The molecular formula is C18H18N2O2S2. The van der Waals surface area contributed by atoms with Crippen molar-refractivity contribution in [2.75, 3.05) is 5.32 Å². The van der Waals surface area contributed by atoms with Gasteiger partial charge in [-0.2, -0.15) is 0 Å². The van der Waals surface area contributed by atoms with Crippen LogP contribution in [0, 0.1) is 6.92 Å². The number of amides is 1. The van der Waals surface area contributed by atoms with Crippen molar-refractivity contribution in [3.05, 3.63) is 59.3 Å². The molecule has 0 aliphatic rings. The van der Waals surface area contributed by atoms with Gasteiger partial charge in [-0.1, -0.05) is 12.1 Å². The number of hydrogen-bond acceptors (Lipinski definition) is 5. The quantitative estimate of drug-likeness (QED) is 0.676. The van der Waals surface area contributed by atoms with Crippen molar-refractivity contribution in [3.63, 3.8) is 0 Å². The lowest BCUT2D eigenvalue weighted by Gasteiger charge is -2.11. The lowest BCUT2D eigenvalue weighted by atomic mass is 10.2. The van der Waals surface area contributed by atoms with E-state index in [-0.39, 0.29) is 11.2 Å². The Labute approximate surface area is 149 Å². The Kier molecular flexibility index (Phi) is 5.37. The highest BCUT2D eigenvalue weighted by atomic mass is 32.2. The van der Waals surface area contributed by atoms with Crippen LogP contribution in [0.25, 0.3) is 10.8 Å². The summed E-state index contributed by atoms with van der Waals surface area (Å²) in [4.78, 5) is 16.8. The van der Waals surface area contributed by atoms with Crippen LogP contribution in [-0.2, 0) is 10.5 Å². The molecule has 3 aromatic rings. The second-order valence-corrected chi connectivity index (χ2v) is 7.62. The minimum atomic E-state index is -0.153. The van der Waals surface area contributed by atoms with E-state index in [1.54, 1.807) is 29.4 Å². The number of thioether (sulfide) groups is 1. The first kappa shape index (κ1) is 16.8. The van der Waals surface area contributed by atoms with E-state index in [4.69, 9.17) is 4.42 Å². The van der Waals surface area contributed by atoms with E-state index in [0.717, 1.165) is 27.7 Å². The normalized spacial score (nSPS) is 12.1. The van der Waals surface area contributed by atoms with E-state index >= 15 is 0 Å². The maximum Gasteiger partial charge on any atom is 0.237 e. The number of carbonyl (C=O) groups is 1. The second-order valence-electron chi connectivity index (χ2n) is 5.43. The maximum atomic E-state index is 12.3. The van der Waals surface area contributed by atoms with Crippen molar-refractivity contribution in [3.8, 4) is 10.8 Å². The predicted molar refractivity (Wildman–Crippen MR) is 100 cm³/mol. The van der Waals surface area contributed by atoms with Gasteiger partial charge in [-0.15, -0.1) is 23.1 Å². The van der Waals surface area contributed by atoms with Crippen LogP contribution in [0.4, 0.5) is 5.69 Å². The van der Waals surface area contributed by atoms with Gasteiger partial charge in [-0.25, -0.2) is 4.98 Å². The number of hydrogen-bond donors (Lipinski definition) is 1. The molecule has 0 unspecified atom stereocenters. The molecule has 0 spiro atoms. The summed E-state index contributed by atoms with van der Waals surface area (Å²) in [6.07, 6.45) is 1.64. The van der Waals surface area contributed by atoms with Gasteiger partial charge in [0.1, 0.15) is 0 Å². The van der Waals surface area contributed by atoms with Gasteiger partial charge >= 0.3 is 0 Å². The molecule has 1 amide bonds. The summed E-state index contributed by atoms with van der Waals surface area (Å²) in [6.45, 7) is 3.92. The molecule has 4 nitrogen and oxygen atoms in total. The first-order valence-corrected chi connectivity index (χ1v) is 9.52. The highest BCUT2D eigenvalue weighted by Gasteiger charge is 2.15. The molecule has 2 aromatic heterocycles. The van der Waals surface area contributed by atoms with Crippen LogP contribution in [0.1, 0.15) is 18.2 Å². The highest BCUT2D eigenvalue weighted by Crippen LogP contribution is 2.27. The molecule has 0 fully saturated rings. The molecule has 0 bridgehead atoms. The minimum Gasteiger partial charge on any atom is -0.462 e. The summed E-state index contributed by atoms with van der Waals surface area (Å²) in [6, 6.07) is 11.6. The molecule has 3 rings (SSSR count). The molecule has 0 aliphatic carbocycles. The van der Waals surface area contributed by atoms with Crippen LogP contribution in [-0.4, -0.2) is 16.1 Å². The van der Waals surface area contributed by atoms with E-state index in [9.17, 15) is 4.79 Å². The fourth-order valence-electron chi connectivity index (χ4n) is 2.14. The summed E-state index contributed by atoms with van der Waals surface area (Å²) in [7, 11) is 0. The van der Waals surface area contributed by atoms with E-state index in [2.05, 4.69) is 10.3 Å². The Bertz CT molecular complexity index is 812. The van der Waals surface area contributed by atoms with Crippen LogP contribution in [0.3, 0.4) is 0 Å². The lowest BCUT2D eigenvalue weighted by Crippen LogP contribution is -2.22. The van der Waals surface area contributed by atoms with Gasteiger partial charge in [-0.3, -0.25) is 4.79 Å². The largest absolute Gasteiger partial charge is 0.462 e. The van der Waals surface area contributed by atoms with Crippen LogP contribution < -0.4 is 5.32 Å². The second kappa shape index (κ2) is 7.68. The molecule has 24 heavy (non-hydrogen) atoms. The van der Waals surface area contributed by atoms with E-state index in [1.165, 1.54) is 0 Å². The van der Waals surface area contributed by atoms with Crippen molar-refractivity contribution in [2.24, 2.45) is 0 Å². The van der Waals surface area contributed by atoms with Crippen LogP contribution >= 0.6 is 23.1 Å². The third kappa shape index (κ3) is 4.27.